The van der Waals surface area contributed by atoms with Crippen molar-refractivity contribution in [2.45, 2.75) is 25.3 Å². The second kappa shape index (κ2) is 7.52. The largest absolute Gasteiger partial charge is 0.490 e. The molecular weight excluding hydrogens is 292 g/mol. The van der Waals surface area contributed by atoms with E-state index in [0.29, 0.717) is 24.5 Å². The van der Waals surface area contributed by atoms with Crippen LogP contribution in [0.1, 0.15) is 29.6 Å². The van der Waals surface area contributed by atoms with Gasteiger partial charge in [-0.3, -0.25) is 4.79 Å². The van der Waals surface area contributed by atoms with Crippen LogP contribution < -0.4 is 20.1 Å². The maximum atomic E-state index is 12.2. The number of amides is 1. The lowest BCUT2D eigenvalue weighted by Crippen LogP contribution is -2.45. The van der Waals surface area contributed by atoms with Gasteiger partial charge >= 0.3 is 0 Å². The van der Waals surface area contributed by atoms with Gasteiger partial charge in [-0.1, -0.05) is 0 Å². The lowest BCUT2D eigenvalue weighted by Gasteiger charge is -2.23. The Hall–Kier alpha value is -1.46. The van der Waals surface area contributed by atoms with Crippen molar-refractivity contribution in [3.05, 3.63) is 23.8 Å². The normalized spacial score (nSPS) is 20.9. The molecule has 21 heavy (non-hydrogen) atoms. The minimum absolute atomic E-state index is 0. The van der Waals surface area contributed by atoms with Gasteiger partial charge in [0.2, 0.25) is 0 Å². The van der Waals surface area contributed by atoms with Crippen molar-refractivity contribution in [1.29, 1.82) is 0 Å². The molecule has 6 heteroatoms. The molecule has 3 rings (SSSR count). The fourth-order valence-corrected chi connectivity index (χ4v) is 2.55. The Morgan fingerprint density at radius 3 is 2.76 bits per heavy atom. The van der Waals surface area contributed by atoms with Crippen molar-refractivity contribution >= 4 is 18.3 Å². The number of nitrogens with one attached hydrogen (secondary N) is 2. The molecule has 2 heterocycles. The highest BCUT2D eigenvalue weighted by Gasteiger charge is 2.18. The summed E-state index contributed by atoms with van der Waals surface area (Å²) in [6.45, 7) is 3.17. The van der Waals surface area contributed by atoms with Crippen LogP contribution in [0.4, 0.5) is 0 Å². The molecule has 0 aromatic heterocycles. The summed E-state index contributed by atoms with van der Waals surface area (Å²) in [4.78, 5) is 12.2. The summed E-state index contributed by atoms with van der Waals surface area (Å²) in [6, 6.07) is 5.59. The van der Waals surface area contributed by atoms with Gasteiger partial charge in [-0.05, 0) is 37.6 Å². The number of hydrogen-bond acceptors (Lipinski definition) is 4. The van der Waals surface area contributed by atoms with Crippen LogP contribution in [-0.2, 0) is 0 Å². The maximum absolute atomic E-state index is 12.2. The number of halogens is 1. The third-order valence-corrected chi connectivity index (χ3v) is 3.64. The minimum Gasteiger partial charge on any atom is -0.490 e. The van der Waals surface area contributed by atoms with E-state index >= 15 is 0 Å². The van der Waals surface area contributed by atoms with E-state index in [-0.39, 0.29) is 24.4 Å². The topological polar surface area (TPSA) is 59.6 Å². The Morgan fingerprint density at radius 1 is 1.19 bits per heavy atom. The van der Waals surface area contributed by atoms with E-state index in [9.17, 15) is 4.79 Å². The molecule has 0 aliphatic carbocycles. The average molecular weight is 313 g/mol. The zero-order valence-electron chi connectivity index (χ0n) is 11.9. The molecule has 1 amide bonds. The van der Waals surface area contributed by atoms with Crippen molar-refractivity contribution in [3.8, 4) is 11.5 Å². The first-order valence-electron chi connectivity index (χ1n) is 7.24. The summed E-state index contributed by atoms with van der Waals surface area (Å²) in [5, 5.41) is 6.35. The van der Waals surface area contributed by atoms with Gasteiger partial charge < -0.3 is 20.1 Å². The van der Waals surface area contributed by atoms with Crippen molar-refractivity contribution in [1.82, 2.24) is 10.6 Å². The monoisotopic (exact) mass is 312 g/mol. The molecule has 116 valence electrons. The standard InChI is InChI=1S/C15H20N2O3.ClH/c18-15(17-12-3-1-6-16-10-12)11-4-5-13-14(9-11)20-8-2-7-19-13;/h4-5,9,12,16H,1-3,6-8,10H2,(H,17,18);1H/t12-;/m0./s1. The molecule has 1 atom stereocenters. The highest BCUT2D eigenvalue weighted by atomic mass is 35.5. The number of fused-ring (bicyclic) bond motifs is 1. The van der Waals surface area contributed by atoms with Crippen molar-refractivity contribution in [2.75, 3.05) is 26.3 Å². The summed E-state index contributed by atoms with van der Waals surface area (Å²) in [6.07, 6.45) is 3.00. The molecule has 0 saturated carbocycles. The van der Waals surface area contributed by atoms with Gasteiger partial charge in [0.1, 0.15) is 0 Å². The van der Waals surface area contributed by atoms with Crippen LogP contribution in [0, 0.1) is 0 Å². The van der Waals surface area contributed by atoms with E-state index in [1.807, 2.05) is 6.07 Å². The Balaban J connectivity index is 0.00000161. The summed E-state index contributed by atoms with van der Waals surface area (Å²) in [5.41, 5.74) is 0.625. The summed E-state index contributed by atoms with van der Waals surface area (Å²) in [7, 11) is 0. The SMILES string of the molecule is Cl.O=C(N[C@H]1CCCNC1)c1ccc2c(c1)OCCCO2. The van der Waals surface area contributed by atoms with Crippen LogP contribution in [-0.4, -0.2) is 38.3 Å². The van der Waals surface area contributed by atoms with Gasteiger partial charge in [0.05, 0.1) is 13.2 Å². The molecule has 2 aliphatic heterocycles. The highest BCUT2D eigenvalue weighted by Crippen LogP contribution is 2.30. The fourth-order valence-electron chi connectivity index (χ4n) is 2.55. The van der Waals surface area contributed by atoms with Gasteiger partial charge in [0.25, 0.3) is 5.91 Å². The van der Waals surface area contributed by atoms with E-state index in [2.05, 4.69) is 10.6 Å². The highest BCUT2D eigenvalue weighted by molar-refractivity contribution is 5.95. The molecule has 2 aliphatic rings. The van der Waals surface area contributed by atoms with Crippen LogP contribution in [0.5, 0.6) is 11.5 Å². The summed E-state index contributed by atoms with van der Waals surface area (Å²) >= 11 is 0. The predicted molar refractivity (Wildman–Crippen MR) is 82.7 cm³/mol. The molecule has 0 spiro atoms. The van der Waals surface area contributed by atoms with Crippen LogP contribution >= 0.6 is 12.4 Å². The third-order valence-electron chi connectivity index (χ3n) is 3.64. The molecule has 1 fully saturated rings. The number of hydrogen-bond donors (Lipinski definition) is 2. The Labute approximate surface area is 130 Å². The Morgan fingerprint density at radius 2 is 2.00 bits per heavy atom. The van der Waals surface area contributed by atoms with Crippen LogP contribution in [0.25, 0.3) is 0 Å². The molecule has 0 unspecified atom stereocenters. The second-order valence-corrected chi connectivity index (χ2v) is 5.23. The van der Waals surface area contributed by atoms with E-state index in [0.717, 1.165) is 38.1 Å². The number of carbonyl (C=O) groups is 1. The van der Waals surface area contributed by atoms with Gasteiger partial charge in [0.15, 0.2) is 11.5 Å². The number of ether oxygens (including phenoxy) is 2. The lowest BCUT2D eigenvalue weighted by atomic mass is 10.1. The first kappa shape index (κ1) is 15.9. The molecule has 0 radical (unpaired) electrons. The van der Waals surface area contributed by atoms with E-state index in [1.165, 1.54) is 0 Å². The number of rotatable bonds is 2. The molecule has 5 nitrogen and oxygen atoms in total. The molecular formula is C15H21ClN2O3. The Kier molecular flexibility index (Phi) is 5.70. The molecule has 0 bridgehead atoms. The zero-order chi connectivity index (χ0) is 13.8. The fraction of sp³-hybridized carbons (Fsp3) is 0.533. The first-order chi connectivity index (χ1) is 9.83. The maximum Gasteiger partial charge on any atom is 0.251 e. The quantitative estimate of drug-likeness (QED) is 0.873. The average Bonchev–Trinajstić information content (AvgIpc) is 2.72. The molecule has 1 aromatic carbocycles. The van der Waals surface area contributed by atoms with Crippen molar-refractivity contribution in [2.24, 2.45) is 0 Å². The summed E-state index contributed by atoms with van der Waals surface area (Å²) in [5.74, 6) is 1.34. The second-order valence-electron chi connectivity index (χ2n) is 5.23. The zero-order valence-corrected chi connectivity index (χ0v) is 12.7. The van der Waals surface area contributed by atoms with Crippen molar-refractivity contribution < 1.29 is 14.3 Å². The predicted octanol–water partition coefficient (Wildman–Crippen LogP) is 1.75. The lowest BCUT2D eigenvalue weighted by molar-refractivity contribution is 0.0930. The number of benzene rings is 1. The molecule has 1 aromatic rings. The minimum atomic E-state index is -0.0469. The van der Waals surface area contributed by atoms with Crippen molar-refractivity contribution in [3.63, 3.8) is 0 Å². The molecule has 1 saturated heterocycles. The van der Waals surface area contributed by atoms with E-state index < -0.39 is 0 Å². The van der Waals surface area contributed by atoms with Crippen LogP contribution in [0.3, 0.4) is 0 Å². The van der Waals surface area contributed by atoms with E-state index in [4.69, 9.17) is 9.47 Å². The third kappa shape index (κ3) is 4.02. The first-order valence-corrected chi connectivity index (χ1v) is 7.24. The van der Waals surface area contributed by atoms with Gasteiger partial charge in [-0.2, -0.15) is 0 Å². The summed E-state index contributed by atoms with van der Waals surface area (Å²) < 4.78 is 11.2. The number of piperidine rings is 1. The van der Waals surface area contributed by atoms with E-state index in [1.54, 1.807) is 12.1 Å². The Bertz CT molecular complexity index is 490. The number of carbonyl (C=O) groups excluding carboxylic acids is 1. The van der Waals surface area contributed by atoms with Crippen LogP contribution in [0.15, 0.2) is 18.2 Å². The van der Waals surface area contributed by atoms with Crippen LogP contribution in [0.2, 0.25) is 0 Å². The van der Waals surface area contributed by atoms with Gasteiger partial charge in [0, 0.05) is 24.6 Å². The smallest absolute Gasteiger partial charge is 0.251 e. The van der Waals surface area contributed by atoms with Gasteiger partial charge in [-0.25, -0.2) is 0 Å². The molecule has 2 N–H and O–H groups in total. The van der Waals surface area contributed by atoms with Gasteiger partial charge in [-0.15, -0.1) is 12.4 Å².